The normalized spacial score (nSPS) is 11.8. The minimum absolute atomic E-state index is 0.207. The van der Waals surface area contributed by atoms with E-state index in [1.54, 1.807) is 12.1 Å². The number of benzene rings is 1. The highest BCUT2D eigenvalue weighted by atomic mass is 79.9. The van der Waals surface area contributed by atoms with Crippen molar-refractivity contribution >= 4 is 41.9 Å². The molecule has 4 nitrogen and oxygen atoms in total. The molecule has 90 valence electrons. The van der Waals surface area contributed by atoms with Crippen LogP contribution in [-0.4, -0.2) is 21.5 Å². The van der Waals surface area contributed by atoms with Gasteiger partial charge in [0.25, 0.3) is 0 Å². The molecule has 0 amide bonds. The minimum atomic E-state index is -3.50. The van der Waals surface area contributed by atoms with Crippen LogP contribution in [0.4, 0.5) is 0 Å². The molecule has 0 aliphatic heterocycles. The summed E-state index contributed by atoms with van der Waals surface area (Å²) >= 11 is 6.54. The second-order valence-electron chi connectivity index (χ2n) is 3.22. The molecule has 0 saturated carbocycles. The summed E-state index contributed by atoms with van der Waals surface area (Å²) in [7, 11) is -3.50. The van der Waals surface area contributed by atoms with Crippen LogP contribution in [0, 0.1) is 6.92 Å². The van der Waals surface area contributed by atoms with Crippen LogP contribution in [0.5, 0.6) is 0 Å². The molecular formula is C9H12Br2N2O2S. The summed E-state index contributed by atoms with van der Waals surface area (Å²) in [6, 6.07) is 3.32. The molecule has 0 unspecified atom stereocenters. The van der Waals surface area contributed by atoms with E-state index < -0.39 is 10.0 Å². The van der Waals surface area contributed by atoms with Crippen molar-refractivity contribution in [1.29, 1.82) is 0 Å². The first kappa shape index (κ1) is 14.1. The topological polar surface area (TPSA) is 72.2 Å². The average Bonchev–Trinajstić information content (AvgIpc) is 2.20. The lowest BCUT2D eigenvalue weighted by atomic mass is 10.2. The van der Waals surface area contributed by atoms with Crippen LogP contribution in [0.25, 0.3) is 0 Å². The lowest BCUT2D eigenvalue weighted by Crippen LogP contribution is -2.29. The summed E-state index contributed by atoms with van der Waals surface area (Å²) in [6.07, 6.45) is 0. The highest BCUT2D eigenvalue weighted by Gasteiger charge is 2.18. The van der Waals surface area contributed by atoms with Gasteiger partial charge in [-0.05, 0) is 40.5 Å². The molecule has 0 fully saturated rings. The molecule has 16 heavy (non-hydrogen) atoms. The monoisotopic (exact) mass is 370 g/mol. The zero-order valence-corrected chi connectivity index (χ0v) is 12.6. The fraction of sp³-hybridized carbons (Fsp3) is 0.333. The van der Waals surface area contributed by atoms with Gasteiger partial charge in [-0.1, -0.05) is 15.9 Å². The third kappa shape index (κ3) is 3.27. The number of aryl methyl sites for hydroxylation is 1. The summed E-state index contributed by atoms with van der Waals surface area (Å²) in [6.45, 7) is 2.38. The van der Waals surface area contributed by atoms with E-state index >= 15 is 0 Å². The van der Waals surface area contributed by atoms with Crippen molar-refractivity contribution < 1.29 is 8.42 Å². The molecule has 0 bridgehead atoms. The molecule has 0 aromatic heterocycles. The smallest absolute Gasteiger partial charge is 0.241 e. The van der Waals surface area contributed by atoms with Crippen LogP contribution in [-0.2, 0) is 10.0 Å². The average molecular weight is 372 g/mol. The number of rotatable bonds is 4. The van der Waals surface area contributed by atoms with Gasteiger partial charge in [0.15, 0.2) is 0 Å². The first-order valence-electron chi connectivity index (χ1n) is 4.54. The van der Waals surface area contributed by atoms with Crippen LogP contribution in [0.15, 0.2) is 26.0 Å². The summed E-state index contributed by atoms with van der Waals surface area (Å²) in [5.41, 5.74) is 6.22. The Bertz CT molecular complexity index is 489. The van der Waals surface area contributed by atoms with E-state index in [2.05, 4.69) is 36.6 Å². The molecule has 0 saturated heterocycles. The molecule has 0 aliphatic carbocycles. The van der Waals surface area contributed by atoms with Crippen molar-refractivity contribution in [3.05, 3.63) is 26.6 Å². The molecule has 1 aromatic rings. The van der Waals surface area contributed by atoms with Gasteiger partial charge in [0.2, 0.25) is 10.0 Å². The summed E-state index contributed by atoms with van der Waals surface area (Å²) in [5, 5.41) is 0. The van der Waals surface area contributed by atoms with E-state index in [0.717, 1.165) is 10.0 Å². The van der Waals surface area contributed by atoms with Gasteiger partial charge in [0.1, 0.15) is 0 Å². The fourth-order valence-electron chi connectivity index (χ4n) is 1.11. The molecule has 1 aromatic carbocycles. The molecule has 7 heteroatoms. The lowest BCUT2D eigenvalue weighted by Gasteiger charge is -2.09. The number of nitrogens with two attached hydrogens (primary N) is 1. The van der Waals surface area contributed by atoms with E-state index in [4.69, 9.17) is 5.73 Å². The molecule has 0 heterocycles. The predicted molar refractivity (Wildman–Crippen MR) is 70.8 cm³/mol. The van der Waals surface area contributed by atoms with Crippen molar-refractivity contribution in [1.82, 2.24) is 4.72 Å². The summed E-state index contributed by atoms with van der Waals surface area (Å²) in [5.74, 6) is 0. The number of sulfonamides is 1. The lowest BCUT2D eigenvalue weighted by molar-refractivity contribution is 0.581. The van der Waals surface area contributed by atoms with Crippen LogP contribution in [0.3, 0.4) is 0 Å². The highest BCUT2D eigenvalue weighted by molar-refractivity contribution is 9.11. The molecular weight excluding hydrogens is 360 g/mol. The van der Waals surface area contributed by atoms with Gasteiger partial charge in [0, 0.05) is 22.0 Å². The van der Waals surface area contributed by atoms with Gasteiger partial charge >= 0.3 is 0 Å². The zero-order chi connectivity index (χ0) is 12.3. The maximum atomic E-state index is 11.9. The van der Waals surface area contributed by atoms with E-state index in [1.807, 2.05) is 6.92 Å². The van der Waals surface area contributed by atoms with Crippen LogP contribution < -0.4 is 10.5 Å². The Morgan fingerprint density at radius 1 is 1.31 bits per heavy atom. The molecule has 0 aliphatic rings. The Balaban J connectivity index is 3.18. The largest absolute Gasteiger partial charge is 0.329 e. The molecule has 0 atom stereocenters. The van der Waals surface area contributed by atoms with Crippen molar-refractivity contribution in [2.45, 2.75) is 11.8 Å². The second-order valence-corrected chi connectivity index (χ2v) is 6.66. The fourth-order valence-corrected chi connectivity index (χ4v) is 3.83. The maximum absolute atomic E-state index is 11.9. The molecule has 3 N–H and O–H groups in total. The SMILES string of the molecule is Cc1cc(Br)c(S(=O)(=O)NCCN)cc1Br. The van der Waals surface area contributed by atoms with Crippen LogP contribution >= 0.6 is 31.9 Å². The third-order valence-electron chi connectivity index (χ3n) is 1.94. The first-order valence-corrected chi connectivity index (χ1v) is 7.61. The van der Waals surface area contributed by atoms with Gasteiger partial charge in [-0.15, -0.1) is 0 Å². The van der Waals surface area contributed by atoms with Gasteiger partial charge in [-0.2, -0.15) is 0 Å². The van der Waals surface area contributed by atoms with Crippen molar-refractivity contribution in [3.63, 3.8) is 0 Å². The Labute approximate surface area is 112 Å². The van der Waals surface area contributed by atoms with E-state index in [9.17, 15) is 8.42 Å². The Kier molecular flexibility index (Phi) is 4.93. The van der Waals surface area contributed by atoms with Crippen LogP contribution in [0.2, 0.25) is 0 Å². The molecule has 0 radical (unpaired) electrons. The number of halogens is 2. The van der Waals surface area contributed by atoms with Gasteiger partial charge in [0.05, 0.1) is 4.90 Å². The van der Waals surface area contributed by atoms with Crippen LogP contribution in [0.1, 0.15) is 5.56 Å². The summed E-state index contributed by atoms with van der Waals surface area (Å²) < 4.78 is 27.4. The predicted octanol–water partition coefficient (Wildman–Crippen LogP) is 1.76. The summed E-state index contributed by atoms with van der Waals surface area (Å²) in [4.78, 5) is 0.207. The van der Waals surface area contributed by atoms with E-state index in [1.165, 1.54) is 0 Å². The Morgan fingerprint density at radius 2 is 1.94 bits per heavy atom. The molecule has 0 spiro atoms. The number of hydrogen-bond acceptors (Lipinski definition) is 3. The van der Waals surface area contributed by atoms with E-state index in [-0.39, 0.29) is 18.0 Å². The minimum Gasteiger partial charge on any atom is -0.329 e. The van der Waals surface area contributed by atoms with E-state index in [0.29, 0.717) is 4.47 Å². The van der Waals surface area contributed by atoms with Crippen molar-refractivity contribution in [2.75, 3.05) is 13.1 Å². The number of nitrogens with one attached hydrogen (secondary N) is 1. The number of hydrogen-bond donors (Lipinski definition) is 2. The van der Waals surface area contributed by atoms with Gasteiger partial charge in [-0.3, -0.25) is 0 Å². The highest BCUT2D eigenvalue weighted by Crippen LogP contribution is 2.28. The van der Waals surface area contributed by atoms with Gasteiger partial charge < -0.3 is 5.73 Å². The Hall–Kier alpha value is 0.0500. The quantitative estimate of drug-likeness (QED) is 0.846. The van der Waals surface area contributed by atoms with Crippen molar-refractivity contribution in [3.8, 4) is 0 Å². The molecule has 1 rings (SSSR count). The maximum Gasteiger partial charge on any atom is 0.241 e. The third-order valence-corrected chi connectivity index (χ3v) is 5.21. The second kappa shape index (κ2) is 5.59. The Morgan fingerprint density at radius 3 is 2.50 bits per heavy atom. The zero-order valence-electron chi connectivity index (χ0n) is 8.63. The standard InChI is InChI=1S/C9H12Br2N2O2S/c1-6-4-8(11)9(5-7(6)10)16(14,15)13-3-2-12/h4-5,13H,2-3,12H2,1H3. The van der Waals surface area contributed by atoms with Crippen molar-refractivity contribution in [2.24, 2.45) is 5.73 Å². The first-order chi connectivity index (χ1) is 7.38. The van der Waals surface area contributed by atoms with Gasteiger partial charge in [-0.25, -0.2) is 13.1 Å².